The highest BCUT2D eigenvalue weighted by molar-refractivity contribution is 7.91. The lowest BCUT2D eigenvalue weighted by Crippen LogP contribution is -2.26. The summed E-state index contributed by atoms with van der Waals surface area (Å²) >= 11 is 0. The summed E-state index contributed by atoms with van der Waals surface area (Å²) in [5, 5.41) is 9.88. The van der Waals surface area contributed by atoms with Gasteiger partial charge in [-0.1, -0.05) is 0 Å². The summed E-state index contributed by atoms with van der Waals surface area (Å²) in [6.45, 7) is 0.905. The molecule has 0 saturated carbocycles. The summed E-state index contributed by atoms with van der Waals surface area (Å²) in [7, 11) is -2.85. The molecule has 1 saturated heterocycles. The number of imidazole rings is 1. The molecule has 0 amide bonds. The lowest BCUT2D eigenvalue weighted by Gasteiger charge is -2.20. The molecule has 0 aliphatic carbocycles. The highest BCUT2D eigenvalue weighted by atomic mass is 32.2. The summed E-state index contributed by atoms with van der Waals surface area (Å²) in [5.74, 6) is 1.56. The van der Waals surface area contributed by atoms with Crippen molar-refractivity contribution in [2.24, 2.45) is 5.92 Å². The second-order valence-electron chi connectivity index (χ2n) is 5.77. The molecule has 0 spiro atoms. The van der Waals surface area contributed by atoms with E-state index >= 15 is 0 Å². The van der Waals surface area contributed by atoms with E-state index in [4.69, 9.17) is 0 Å². The van der Waals surface area contributed by atoms with Gasteiger partial charge in [-0.2, -0.15) is 0 Å². The number of sulfone groups is 1. The molecule has 3 heterocycles. The smallest absolute Gasteiger partial charge is 0.150 e. The molecule has 19 heavy (non-hydrogen) atoms. The molecule has 3 rings (SSSR count). The van der Waals surface area contributed by atoms with Crippen LogP contribution in [0.5, 0.6) is 0 Å². The molecule has 1 aromatic rings. The monoisotopic (exact) mass is 284 g/mol. The Balaban J connectivity index is 1.73. The number of fused-ring (bicyclic) bond motifs is 1. The number of aromatic nitrogens is 2. The molecular formula is C13H20N2O3S. The fourth-order valence-electron chi connectivity index (χ4n) is 3.19. The van der Waals surface area contributed by atoms with E-state index in [1.54, 1.807) is 0 Å². The van der Waals surface area contributed by atoms with E-state index in [1.807, 2.05) is 10.8 Å². The predicted molar refractivity (Wildman–Crippen MR) is 71.5 cm³/mol. The van der Waals surface area contributed by atoms with Gasteiger partial charge in [0, 0.05) is 12.7 Å². The van der Waals surface area contributed by atoms with Crippen molar-refractivity contribution in [3.05, 3.63) is 17.7 Å². The normalized spacial score (nSPS) is 29.9. The highest BCUT2D eigenvalue weighted by Crippen LogP contribution is 2.27. The van der Waals surface area contributed by atoms with Crippen LogP contribution in [0.4, 0.5) is 0 Å². The van der Waals surface area contributed by atoms with Crippen molar-refractivity contribution in [3.63, 3.8) is 0 Å². The van der Waals surface area contributed by atoms with E-state index in [1.165, 1.54) is 0 Å². The Labute approximate surface area is 113 Å². The zero-order chi connectivity index (χ0) is 13.5. The first-order valence-electron chi connectivity index (χ1n) is 6.98. The van der Waals surface area contributed by atoms with E-state index in [0.717, 1.165) is 43.7 Å². The molecule has 0 bridgehead atoms. The van der Waals surface area contributed by atoms with Crippen LogP contribution < -0.4 is 0 Å². The Morgan fingerprint density at radius 3 is 2.95 bits per heavy atom. The van der Waals surface area contributed by atoms with Gasteiger partial charge in [-0.15, -0.1) is 0 Å². The van der Waals surface area contributed by atoms with Crippen molar-refractivity contribution in [2.45, 2.75) is 44.8 Å². The zero-order valence-corrected chi connectivity index (χ0v) is 11.8. The van der Waals surface area contributed by atoms with Crippen molar-refractivity contribution in [1.82, 2.24) is 9.55 Å². The van der Waals surface area contributed by atoms with Gasteiger partial charge in [0.1, 0.15) is 11.9 Å². The van der Waals surface area contributed by atoms with Crippen molar-refractivity contribution in [3.8, 4) is 0 Å². The first-order valence-corrected chi connectivity index (χ1v) is 8.80. The van der Waals surface area contributed by atoms with Crippen LogP contribution in [-0.4, -0.2) is 34.6 Å². The fraction of sp³-hybridized carbons (Fsp3) is 0.769. The number of hydrogen-bond acceptors (Lipinski definition) is 4. The highest BCUT2D eigenvalue weighted by Gasteiger charge is 2.27. The number of aliphatic hydroxyl groups excluding tert-OH is 1. The van der Waals surface area contributed by atoms with Crippen LogP contribution in [0.25, 0.3) is 0 Å². The van der Waals surface area contributed by atoms with Crippen LogP contribution >= 0.6 is 0 Å². The topological polar surface area (TPSA) is 72.2 Å². The first-order chi connectivity index (χ1) is 9.03. The van der Waals surface area contributed by atoms with Gasteiger partial charge in [-0.05, 0) is 38.0 Å². The number of aliphatic hydroxyl groups is 1. The second kappa shape index (κ2) is 4.90. The third-order valence-electron chi connectivity index (χ3n) is 4.09. The molecule has 0 aromatic carbocycles. The minimum absolute atomic E-state index is 0.188. The van der Waals surface area contributed by atoms with Crippen LogP contribution in [0.15, 0.2) is 6.20 Å². The molecule has 1 fully saturated rings. The lowest BCUT2D eigenvalue weighted by molar-refractivity contribution is 0.133. The van der Waals surface area contributed by atoms with Gasteiger partial charge >= 0.3 is 0 Å². The molecule has 1 N–H and O–H groups in total. The van der Waals surface area contributed by atoms with Crippen molar-refractivity contribution in [2.75, 3.05) is 11.5 Å². The van der Waals surface area contributed by atoms with Crippen molar-refractivity contribution >= 4 is 9.84 Å². The molecule has 0 radical (unpaired) electrons. The quantitative estimate of drug-likeness (QED) is 0.882. The standard InChI is InChI=1S/C13H20N2O3S/c16-12-4-1-5-15-8-11(14-13(12)15)7-10-3-2-6-19(17,18)9-10/h8,10,12,16H,1-7,9H2. The molecule has 2 aliphatic rings. The number of rotatable bonds is 2. The van der Waals surface area contributed by atoms with Crippen LogP contribution in [0.1, 0.15) is 43.3 Å². The zero-order valence-electron chi connectivity index (χ0n) is 11.0. The fourth-order valence-corrected chi connectivity index (χ4v) is 4.96. The van der Waals surface area contributed by atoms with Crippen molar-refractivity contribution < 1.29 is 13.5 Å². The molecular weight excluding hydrogens is 264 g/mol. The molecule has 1 aromatic heterocycles. The summed E-state index contributed by atoms with van der Waals surface area (Å²) in [6, 6.07) is 0. The van der Waals surface area contributed by atoms with E-state index < -0.39 is 15.9 Å². The number of hydrogen-bond donors (Lipinski definition) is 1. The van der Waals surface area contributed by atoms with Crippen molar-refractivity contribution in [1.29, 1.82) is 0 Å². The Kier molecular flexibility index (Phi) is 3.39. The molecule has 106 valence electrons. The van der Waals surface area contributed by atoms with Gasteiger partial charge in [0.25, 0.3) is 0 Å². The molecule has 2 atom stereocenters. The maximum absolute atomic E-state index is 11.6. The number of aryl methyl sites for hydroxylation is 1. The average molecular weight is 284 g/mol. The maximum Gasteiger partial charge on any atom is 0.150 e. The molecule has 2 unspecified atom stereocenters. The van der Waals surface area contributed by atoms with E-state index in [0.29, 0.717) is 12.2 Å². The Bertz CT molecular complexity index is 564. The van der Waals surface area contributed by atoms with E-state index in [2.05, 4.69) is 4.98 Å². The third kappa shape index (κ3) is 2.84. The SMILES string of the molecule is O=S1(=O)CCCC(Cc2cn3c(n2)C(O)CCC3)C1. The summed E-state index contributed by atoms with van der Waals surface area (Å²) in [6.07, 6.45) is 5.71. The van der Waals surface area contributed by atoms with E-state index in [-0.39, 0.29) is 11.7 Å². The summed E-state index contributed by atoms with van der Waals surface area (Å²) in [4.78, 5) is 4.49. The minimum atomic E-state index is -2.85. The van der Waals surface area contributed by atoms with E-state index in [9.17, 15) is 13.5 Å². The summed E-state index contributed by atoms with van der Waals surface area (Å²) < 4.78 is 25.3. The summed E-state index contributed by atoms with van der Waals surface area (Å²) in [5.41, 5.74) is 0.929. The van der Waals surface area contributed by atoms with Gasteiger partial charge in [0.15, 0.2) is 9.84 Å². The molecule has 5 nitrogen and oxygen atoms in total. The Morgan fingerprint density at radius 2 is 2.21 bits per heavy atom. The van der Waals surface area contributed by atoms with Gasteiger partial charge in [0.05, 0.1) is 17.2 Å². The van der Waals surface area contributed by atoms with Gasteiger partial charge < -0.3 is 9.67 Å². The third-order valence-corrected chi connectivity index (χ3v) is 5.98. The second-order valence-corrected chi connectivity index (χ2v) is 8.00. The average Bonchev–Trinajstić information content (AvgIpc) is 2.71. The number of nitrogens with zero attached hydrogens (tertiary/aromatic N) is 2. The van der Waals surface area contributed by atoms with Gasteiger partial charge in [-0.3, -0.25) is 0 Å². The largest absolute Gasteiger partial charge is 0.385 e. The van der Waals surface area contributed by atoms with Crippen LogP contribution in [-0.2, 0) is 22.8 Å². The van der Waals surface area contributed by atoms with Gasteiger partial charge in [0.2, 0.25) is 0 Å². The predicted octanol–water partition coefficient (Wildman–Crippen LogP) is 1.08. The Hall–Kier alpha value is -0.880. The van der Waals surface area contributed by atoms with Crippen LogP contribution in [0, 0.1) is 5.92 Å². The van der Waals surface area contributed by atoms with Crippen LogP contribution in [0.3, 0.4) is 0 Å². The lowest BCUT2D eigenvalue weighted by atomic mass is 10.00. The molecule has 2 aliphatic heterocycles. The van der Waals surface area contributed by atoms with Gasteiger partial charge in [-0.25, -0.2) is 13.4 Å². The molecule has 6 heteroatoms. The maximum atomic E-state index is 11.6. The Morgan fingerprint density at radius 1 is 1.37 bits per heavy atom. The van der Waals surface area contributed by atoms with Crippen LogP contribution in [0.2, 0.25) is 0 Å². The minimum Gasteiger partial charge on any atom is -0.385 e. The first kappa shape index (κ1) is 13.1.